The third-order valence-corrected chi connectivity index (χ3v) is 4.39. The summed E-state index contributed by atoms with van der Waals surface area (Å²) in [5.74, 6) is 0.488. The van der Waals surface area contributed by atoms with Gasteiger partial charge in [0.25, 0.3) is 0 Å². The third-order valence-electron chi connectivity index (χ3n) is 4.39. The van der Waals surface area contributed by atoms with Crippen molar-refractivity contribution in [1.29, 1.82) is 0 Å². The van der Waals surface area contributed by atoms with Gasteiger partial charge < -0.3 is 5.73 Å². The SMILES string of the molecule is CC1CC(=O)NN=C1n1cc(-c2ccnc(N)c2)c(-c2ccc(F)cc2)n1. The molecule has 3 N–H and O–H groups in total. The van der Waals surface area contributed by atoms with Gasteiger partial charge in [-0.15, -0.1) is 0 Å². The number of pyridine rings is 1. The van der Waals surface area contributed by atoms with Crippen LogP contribution in [0, 0.1) is 11.7 Å². The number of benzene rings is 1. The highest BCUT2D eigenvalue weighted by atomic mass is 19.1. The first-order chi connectivity index (χ1) is 13.0. The minimum Gasteiger partial charge on any atom is -0.384 e. The number of hydrogen-bond acceptors (Lipinski definition) is 5. The molecular formula is C19H17FN6O. The van der Waals surface area contributed by atoms with Crippen molar-refractivity contribution in [2.75, 3.05) is 5.73 Å². The lowest BCUT2D eigenvalue weighted by atomic mass is 10.0. The lowest BCUT2D eigenvalue weighted by Crippen LogP contribution is -2.35. The largest absolute Gasteiger partial charge is 0.384 e. The van der Waals surface area contributed by atoms with Gasteiger partial charge in [0.2, 0.25) is 5.91 Å². The number of nitrogens with zero attached hydrogens (tertiary/aromatic N) is 4. The zero-order valence-corrected chi connectivity index (χ0v) is 14.6. The summed E-state index contributed by atoms with van der Waals surface area (Å²) in [6.45, 7) is 1.92. The molecule has 4 rings (SSSR count). The summed E-state index contributed by atoms with van der Waals surface area (Å²) in [4.78, 5) is 15.6. The van der Waals surface area contributed by atoms with Crippen LogP contribution in [0.5, 0.6) is 0 Å². The second kappa shape index (κ2) is 6.64. The van der Waals surface area contributed by atoms with Crippen molar-refractivity contribution < 1.29 is 9.18 Å². The van der Waals surface area contributed by atoms with Crippen molar-refractivity contribution in [2.45, 2.75) is 13.3 Å². The summed E-state index contributed by atoms with van der Waals surface area (Å²) in [6.07, 6.45) is 3.79. The number of halogens is 1. The number of aromatic nitrogens is 3. The van der Waals surface area contributed by atoms with Gasteiger partial charge in [0.15, 0.2) is 5.84 Å². The van der Waals surface area contributed by atoms with Crippen LogP contribution >= 0.6 is 0 Å². The van der Waals surface area contributed by atoms with E-state index < -0.39 is 0 Å². The van der Waals surface area contributed by atoms with Crippen molar-refractivity contribution >= 4 is 17.6 Å². The first kappa shape index (κ1) is 16.9. The molecule has 0 fully saturated rings. The Kier molecular flexibility index (Phi) is 4.15. The fourth-order valence-corrected chi connectivity index (χ4v) is 3.06. The van der Waals surface area contributed by atoms with E-state index in [4.69, 9.17) is 5.73 Å². The van der Waals surface area contributed by atoms with Crippen molar-refractivity contribution in [3.63, 3.8) is 0 Å². The monoisotopic (exact) mass is 364 g/mol. The average molecular weight is 364 g/mol. The molecule has 3 heterocycles. The van der Waals surface area contributed by atoms with Gasteiger partial charge in [-0.1, -0.05) is 6.92 Å². The molecule has 0 saturated heterocycles. The maximum Gasteiger partial charge on any atom is 0.240 e. The molecule has 1 unspecified atom stereocenters. The molecule has 0 spiro atoms. The summed E-state index contributed by atoms with van der Waals surface area (Å²) in [6, 6.07) is 9.70. The van der Waals surface area contributed by atoms with Crippen LogP contribution in [0.3, 0.4) is 0 Å². The van der Waals surface area contributed by atoms with E-state index in [2.05, 4.69) is 20.6 Å². The summed E-state index contributed by atoms with van der Waals surface area (Å²) in [7, 11) is 0. The molecular weight excluding hydrogens is 347 g/mol. The molecule has 8 heteroatoms. The van der Waals surface area contributed by atoms with Crippen molar-refractivity contribution in [3.8, 4) is 22.4 Å². The number of nitrogen functional groups attached to an aromatic ring is 1. The third kappa shape index (κ3) is 3.29. The number of rotatable bonds is 2. The van der Waals surface area contributed by atoms with Gasteiger partial charge in [-0.25, -0.2) is 19.5 Å². The van der Waals surface area contributed by atoms with Crippen LogP contribution < -0.4 is 11.2 Å². The van der Waals surface area contributed by atoms with E-state index in [9.17, 15) is 9.18 Å². The van der Waals surface area contributed by atoms with E-state index >= 15 is 0 Å². The van der Waals surface area contributed by atoms with Crippen LogP contribution in [0.4, 0.5) is 10.2 Å². The Balaban J connectivity index is 1.87. The van der Waals surface area contributed by atoms with Gasteiger partial charge in [0.1, 0.15) is 17.3 Å². The molecule has 1 aromatic carbocycles. The molecule has 3 aromatic rings. The Morgan fingerprint density at radius 2 is 2.00 bits per heavy atom. The summed E-state index contributed by atoms with van der Waals surface area (Å²) < 4.78 is 15.0. The number of amides is 1. The van der Waals surface area contributed by atoms with Gasteiger partial charge in [-0.05, 0) is 42.0 Å². The predicted molar refractivity (Wildman–Crippen MR) is 100 cm³/mol. The second-order valence-corrected chi connectivity index (χ2v) is 6.42. The van der Waals surface area contributed by atoms with E-state index in [0.717, 1.165) is 16.7 Å². The second-order valence-electron chi connectivity index (χ2n) is 6.42. The smallest absolute Gasteiger partial charge is 0.240 e. The quantitative estimate of drug-likeness (QED) is 0.730. The van der Waals surface area contributed by atoms with Crippen LogP contribution in [-0.4, -0.2) is 26.5 Å². The lowest BCUT2D eigenvalue weighted by molar-refractivity contribution is -0.121. The summed E-state index contributed by atoms with van der Waals surface area (Å²) >= 11 is 0. The molecule has 1 aliphatic rings. The zero-order valence-electron chi connectivity index (χ0n) is 14.6. The Bertz CT molecular complexity index is 1040. The standard InChI is InChI=1S/C19H17FN6O/c1-11-8-17(27)23-24-19(11)26-10-15(13-6-7-22-16(21)9-13)18(25-26)12-2-4-14(20)5-3-12/h2-7,9-11H,8H2,1H3,(H2,21,22)(H,23,27). The first-order valence-electron chi connectivity index (χ1n) is 8.45. The maximum absolute atomic E-state index is 13.4. The number of hydrogen-bond donors (Lipinski definition) is 2. The number of carbonyl (C=O) groups excluding carboxylic acids is 1. The number of nitrogens with one attached hydrogen (secondary N) is 1. The van der Waals surface area contributed by atoms with Gasteiger partial charge in [0, 0.05) is 35.9 Å². The summed E-state index contributed by atoms with van der Waals surface area (Å²) in [5, 5.41) is 8.82. The lowest BCUT2D eigenvalue weighted by Gasteiger charge is -2.18. The molecule has 1 aliphatic heterocycles. The fourth-order valence-electron chi connectivity index (χ4n) is 3.06. The molecule has 7 nitrogen and oxygen atoms in total. The molecule has 136 valence electrons. The van der Waals surface area contributed by atoms with Gasteiger partial charge in [0.05, 0.1) is 0 Å². The minimum atomic E-state index is -0.319. The van der Waals surface area contributed by atoms with E-state index in [1.54, 1.807) is 29.1 Å². The molecule has 0 saturated carbocycles. The number of hydrazone groups is 1. The highest BCUT2D eigenvalue weighted by molar-refractivity contribution is 5.95. The Morgan fingerprint density at radius 1 is 1.22 bits per heavy atom. The van der Waals surface area contributed by atoms with Gasteiger partial charge in [-0.3, -0.25) is 4.79 Å². The van der Waals surface area contributed by atoms with Crippen molar-refractivity contribution in [3.05, 3.63) is 54.6 Å². The summed E-state index contributed by atoms with van der Waals surface area (Å²) in [5.41, 5.74) is 11.4. The zero-order chi connectivity index (χ0) is 19.0. The molecule has 0 radical (unpaired) electrons. The molecule has 0 bridgehead atoms. The Hall–Kier alpha value is -3.55. The molecule has 0 aliphatic carbocycles. The topological polar surface area (TPSA) is 98.2 Å². The molecule has 27 heavy (non-hydrogen) atoms. The maximum atomic E-state index is 13.4. The normalized spacial score (nSPS) is 16.7. The van der Waals surface area contributed by atoms with E-state index in [-0.39, 0.29) is 17.6 Å². The number of anilines is 1. The van der Waals surface area contributed by atoms with Crippen LogP contribution in [0.2, 0.25) is 0 Å². The Morgan fingerprint density at radius 3 is 2.70 bits per heavy atom. The highest BCUT2D eigenvalue weighted by Crippen LogP contribution is 2.32. The number of nitrogens with two attached hydrogens (primary N) is 1. The van der Waals surface area contributed by atoms with Crippen LogP contribution in [0.15, 0.2) is 53.9 Å². The number of carbonyl (C=O) groups is 1. The van der Waals surface area contributed by atoms with Crippen molar-refractivity contribution in [2.24, 2.45) is 11.0 Å². The molecule has 1 atom stereocenters. The predicted octanol–water partition coefficient (Wildman–Crippen LogP) is 2.65. The Labute approximate surface area is 154 Å². The van der Waals surface area contributed by atoms with Gasteiger partial charge >= 0.3 is 0 Å². The van der Waals surface area contributed by atoms with Crippen molar-refractivity contribution in [1.82, 2.24) is 20.2 Å². The van der Waals surface area contributed by atoms with E-state index in [1.165, 1.54) is 12.1 Å². The first-order valence-corrected chi connectivity index (χ1v) is 8.45. The van der Waals surface area contributed by atoms with E-state index in [1.807, 2.05) is 19.2 Å². The van der Waals surface area contributed by atoms with E-state index in [0.29, 0.717) is 23.8 Å². The molecule has 2 aromatic heterocycles. The average Bonchev–Trinajstić information content (AvgIpc) is 3.07. The van der Waals surface area contributed by atoms with Crippen LogP contribution in [-0.2, 0) is 4.79 Å². The minimum absolute atomic E-state index is 0.0879. The fraction of sp³-hybridized carbons (Fsp3) is 0.158. The van der Waals surface area contributed by atoms with Crippen LogP contribution in [0.25, 0.3) is 22.4 Å². The molecule has 1 amide bonds. The highest BCUT2D eigenvalue weighted by Gasteiger charge is 2.24. The van der Waals surface area contributed by atoms with Crippen LogP contribution in [0.1, 0.15) is 13.3 Å². The van der Waals surface area contributed by atoms with Gasteiger partial charge in [-0.2, -0.15) is 10.2 Å².